The third kappa shape index (κ3) is 4.13. The molecule has 34 heavy (non-hydrogen) atoms. The number of aliphatic hydroxyl groups is 1. The first-order valence-corrected chi connectivity index (χ1v) is 12.4. The van der Waals surface area contributed by atoms with E-state index in [1.165, 1.54) is 10.1 Å². The predicted molar refractivity (Wildman–Crippen MR) is 129 cm³/mol. The van der Waals surface area contributed by atoms with Crippen LogP contribution < -0.4 is 9.47 Å². The number of carbonyl (C=O) groups is 1. The Labute approximate surface area is 201 Å². The van der Waals surface area contributed by atoms with E-state index >= 15 is 0 Å². The van der Waals surface area contributed by atoms with Crippen molar-refractivity contribution in [2.75, 3.05) is 33.0 Å². The van der Waals surface area contributed by atoms with Crippen molar-refractivity contribution in [3.8, 4) is 11.5 Å². The molecular weight excluding hydrogens is 452 g/mol. The lowest BCUT2D eigenvalue weighted by atomic mass is 9.92. The first kappa shape index (κ1) is 21.5. The molecule has 6 rings (SSSR count). The van der Waals surface area contributed by atoms with Gasteiger partial charge in [0.15, 0.2) is 23.5 Å². The number of carbonyl (C=O) groups excluding carboxylic acids is 1. The molecule has 1 N–H and O–H groups in total. The van der Waals surface area contributed by atoms with Gasteiger partial charge in [0.25, 0.3) is 5.91 Å². The smallest absolute Gasteiger partial charge is 0.288 e. The highest BCUT2D eigenvalue weighted by molar-refractivity contribution is 7.17. The molecule has 3 aromatic rings. The van der Waals surface area contributed by atoms with Crippen LogP contribution in [0.2, 0.25) is 0 Å². The number of nitrogens with zero attached hydrogens (tertiary/aromatic N) is 2. The van der Waals surface area contributed by atoms with Gasteiger partial charge in [-0.3, -0.25) is 9.69 Å². The zero-order valence-corrected chi connectivity index (χ0v) is 19.5. The number of piperazine rings is 1. The Morgan fingerprint density at radius 2 is 1.88 bits per heavy atom. The number of fused-ring (bicyclic) bond motifs is 2. The number of amides is 1. The molecule has 0 bridgehead atoms. The van der Waals surface area contributed by atoms with Gasteiger partial charge in [-0.05, 0) is 46.2 Å². The van der Waals surface area contributed by atoms with Gasteiger partial charge < -0.3 is 24.2 Å². The van der Waals surface area contributed by atoms with Crippen LogP contribution in [-0.2, 0) is 16.1 Å². The van der Waals surface area contributed by atoms with Crippen molar-refractivity contribution < 1.29 is 24.1 Å². The molecule has 2 aromatic carbocycles. The zero-order valence-electron chi connectivity index (χ0n) is 18.7. The Morgan fingerprint density at radius 1 is 1.06 bits per heavy atom. The summed E-state index contributed by atoms with van der Waals surface area (Å²) in [5.74, 6) is 1.63. The largest absolute Gasteiger partial charge is 0.460 e. The fourth-order valence-electron chi connectivity index (χ4n) is 4.89. The Morgan fingerprint density at radius 3 is 2.76 bits per heavy atom. The van der Waals surface area contributed by atoms with Crippen LogP contribution in [0.25, 0.3) is 10.1 Å². The van der Waals surface area contributed by atoms with Crippen molar-refractivity contribution in [3.63, 3.8) is 0 Å². The second kappa shape index (κ2) is 8.94. The van der Waals surface area contributed by atoms with Crippen LogP contribution in [0.15, 0.2) is 59.7 Å². The number of benzene rings is 2. The van der Waals surface area contributed by atoms with Crippen LogP contribution in [0.5, 0.6) is 11.5 Å². The molecule has 3 aliphatic heterocycles. The number of rotatable bonds is 4. The van der Waals surface area contributed by atoms with E-state index in [9.17, 15) is 9.90 Å². The maximum atomic E-state index is 13.2. The van der Waals surface area contributed by atoms with Crippen molar-refractivity contribution in [1.82, 2.24) is 9.80 Å². The summed E-state index contributed by atoms with van der Waals surface area (Å²) >= 11 is 1.69. The molecule has 0 saturated carbocycles. The molecule has 7 nitrogen and oxygen atoms in total. The summed E-state index contributed by atoms with van der Waals surface area (Å²) in [5.41, 5.74) is 2.30. The van der Waals surface area contributed by atoms with E-state index in [2.05, 4.69) is 28.5 Å². The van der Waals surface area contributed by atoms with E-state index in [1.54, 1.807) is 11.3 Å². The second-order valence-electron chi connectivity index (χ2n) is 8.89. The third-order valence-corrected chi connectivity index (χ3v) is 7.68. The van der Waals surface area contributed by atoms with Gasteiger partial charge in [-0.2, -0.15) is 0 Å². The fourth-order valence-corrected chi connectivity index (χ4v) is 5.91. The summed E-state index contributed by atoms with van der Waals surface area (Å²) < 4.78 is 17.7. The fraction of sp³-hybridized carbons (Fsp3) is 0.346. The Bertz CT molecular complexity index is 1250. The average Bonchev–Trinajstić information content (AvgIpc) is 3.50. The lowest BCUT2D eigenvalue weighted by Gasteiger charge is -2.36. The summed E-state index contributed by atoms with van der Waals surface area (Å²) in [7, 11) is 0. The number of hydrogen-bond donors (Lipinski definition) is 1. The van der Waals surface area contributed by atoms with Crippen molar-refractivity contribution >= 4 is 27.3 Å². The Kier molecular flexibility index (Phi) is 5.64. The summed E-state index contributed by atoms with van der Waals surface area (Å²) in [5, 5.41) is 13.7. The molecule has 0 spiro atoms. The number of ether oxygens (including phenoxy) is 3. The highest BCUT2D eigenvalue weighted by Crippen LogP contribution is 2.38. The van der Waals surface area contributed by atoms with E-state index in [0.717, 1.165) is 42.3 Å². The summed E-state index contributed by atoms with van der Waals surface area (Å²) in [4.78, 5) is 17.4. The van der Waals surface area contributed by atoms with Gasteiger partial charge in [0.05, 0.1) is 0 Å². The zero-order chi connectivity index (χ0) is 23.1. The topological polar surface area (TPSA) is 71.5 Å². The van der Waals surface area contributed by atoms with Crippen molar-refractivity contribution in [3.05, 3.63) is 70.8 Å². The standard InChI is InChI=1S/C26H26N2O5S/c29-25-13-18(20-15-34-24-4-2-1-3-19(20)24)12-23(33-25)26(30)28-9-7-27(8-10-28)14-17-5-6-21-22(11-17)32-16-31-21/h1-6,11-12,15,18,25,29H,7-10,13-14,16H2/t18-,25+/m0/s1. The summed E-state index contributed by atoms with van der Waals surface area (Å²) in [6.07, 6.45) is 1.35. The molecule has 1 fully saturated rings. The van der Waals surface area contributed by atoms with Gasteiger partial charge in [0.1, 0.15) is 0 Å². The quantitative estimate of drug-likeness (QED) is 0.617. The highest BCUT2D eigenvalue weighted by Gasteiger charge is 2.32. The predicted octanol–water partition coefficient (Wildman–Crippen LogP) is 3.68. The lowest BCUT2D eigenvalue weighted by molar-refractivity contribution is -0.142. The van der Waals surface area contributed by atoms with Gasteiger partial charge in [-0.1, -0.05) is 24.3 Å². The SMILES string of the molecule is O=C(C1=C[C@H](c2csc3ccccc23)C[C@H](O)O1)N1CCN(Cc2ccc3c(c2)OCO3)CC1. The Hall–Kier alpha value is -3.07. The molecule has 1 aromatic heterocycles. The summed E-state index contributed by atoms with van der Waals surface area (Å²) in [6, 6.07) is 14.3. The minimum atomic E-state index is -0.986. The molecule has 1 amide bonds. The van der Waals surface area contributed by atoms with Crippen molar-refractivity contribution in [1.29, 1.82) is 0 Å². The van der Waals surface area contributed by atoms with Gasteiger partial charge in [0, 0.05) is 49.8 Å². The van der Waals surface area contributed by atoms with E-state index in [-0.39, 0.29) is 24.4 Å². The highest BCUT2D eigenvalue weighted by atomic mass is 32.1. The normalized spacial score (nSPS) is 22.5. The molecule has 0 aliphatic carbocycles. The molecule has 2 atom stereocenters. The van der Waals surface area contributed by atoms with Crippen molar-refractivity contribution in [2.45, 2.75) is 25.2 Å². The second-order valence-corrected chi connectivity index (χ2v) is 9.80. The minimum absolute atomic E-state index is 0.0499. The minimum Gasteiger partial charge on any atom is -0.460 e. The summed E-state index contributed by atoms with van der Waals surface area (Å²) in [6.45, 7) is 3.85. The van der Waals surface area contributed by atoms with E-state index < -0.39 is 6.29 Å². The van der Waals surface area contributed by atoms with E-state index in [4.69, 9.17) is 14.2 Å². The van der Waals surface area contributed by atoms with Crippen molar-refractivity contribution in [2.24, 2.45) is 0 Å². The maximum Gasteiger partial charge on any atom is 0.288 e. The number of hydrogen-bond acceptors (Lipinski definition) is 7. The molecule has 176 valence electrons. The average molecular weight is 479 g/mol. The van der Waals surface area contributed by atoms with Crippen LogP contribution in [-0.4, -0.2) is 60.1 Å². The molecule has 3 aliphatic rings. The molecule has 4 heterocycles. The van der Waals surface area contributed by atoms with Crippen LogP contribution in [0.4, 0.5) is 0 Å². The molecule has 1 saturated heterocycles. The van der Waals surface area contributed by atoms with Gasteiger partial charge >= 0.3 is 0 Å². The van der Waals surface area contributed by atoms with Crippen LogP contribution in [0, 0.1) is 0 Å². The van der Waals surface area contributed by atoms with Crippen LogP contribution >= 0.6 is 11.3 Å². The molecule has 0 radical (unpaired) electrons. The first-order chi connectivity index (χ1) is 16.6. The Balaban J connectivity index is 1.12. The number of allylic oxidation sites excluding steroid dienone is 1. The van der Waals surface area contributed by atoms with E-state index in [1.807, 2.05) is 35.2 Å². The van der Waals surface area contributed by atoms with Gasteiger partial charge in [-0.15, -0.1) is 11.3 Å². The van der Waals surface area contributed by atoms with Gasteiger partial charge in [0.2, 0.25) is 6.79 Å². The molecule has 0 unspecified atom stereocenters. The number of aliphatic hydroxyl groups excluding tert-OH is 1. The lowest BCUT2D eigenvalue weighted by Crippen LogP contribution is -2.49. The van der Waals surface area contributed by atoms with E-state index in [0.29, 0.717) is 19.5 Å². The van der Waals surface area contributed by atoms with Crippen LogP contribution in [0.3, 0.4) is 0 Å². The monoisotopic (exact) mass is 478 g/mol. The maximum absolute atomic E-state index is 13.2. The first-order valence-electron chi connectivity index (χ1n) is 11.6. The molecular formula is C26H26N2O5S. The van der Waals surface area contributed by atoms with Gasteiger partial charge in [-0.25, -0.2) is 0 Å². The molecule has 8 heteroatoms. The van der Waals surface area contributed by atoms with Crippen LogP contribution in [0.1, 0.15) is 23.5 Å². The number of thiophene rings is 1. The third-order valence-electron chi connectivity index (χ3n) is 6.69.